The Balaban J connectivity index is 1.32. The highest BCUT2D eigenvalue weighted by atomic mass is 16.4. The molecule has 7 heteroatoms. The van der Waals surface area contributed by atoms with Crippen LogP contribution in [0.5, 0.6) is 0 Å². The molecule has 0 radical (unpaired) electrons. The number of fused-ring (bicyclic) bond motifs is 1. The molecule has 0 atom stereocenters. The van der Waals surface area contributed by atoms with Crippen molar-refractivity contribution in [3.05, 3.63) is 46.3 Å². The molecule has 1 saturated heterocycles. The second-order valence-electron chi connectivity index (χ2n) is 8.00. The normalized spacial score (nSPS) is 18.6. The van der Waals surface area contributed by atoms with Crippen LogP contribution in [0, 0.1) is 0 Å². The summed E-state index contributed by atoms with van der Waals surface area (Å²) in [5.41, 5.74) is -0.0769. The number of nitrogens with zero attached hydrogens (tertiary/aromatic N) is 1. The molecule has 7 nitrogen and oxygen atoms in total. The topological polar surface area (TPSA) is 91.7 Å². The Morgan fingerprint density at radius 2 is 1.59 bits per heavy atom. The summed E-state index contributed by atoms with van der Waals surface area (Å²) in [6.45, 7) is 0.999. The number of carbonyl (C=O) groups excluding carboxylic acids is 2. The van der Waals surface area contributed by atoms with Gasteiger partial charge >= 0.3 is 11.7 Å². The Morgan fingerprint density at radius 3 is 2.31 bits per heavy atom. The molecule has 0 spiro atoms. The Hall–Kier alpha value is -2.83. The zero-order valence-corrected chi connectivity index (χ0v) is 16.5. The molecule has 2 aromatic rings. The summed E-state index contributed by atoms with van der Waals surface area (Å²) >= 11 is 0. The quantitative estimate of drug-likeness (QED) is 0.779. The molecule has 1 saturated carbocycles. The first-order valence-corrected chi connectivity index (χ1v) is 10.5. The summed E-state index contributed by atoms with van der Waals surface area (Å²) in [6.07, 6.45) is 7.04. The third-order valence-electron chi connectivity index (χ3n) is 5.93. The fourth-order valence-electron chi connectivity index (χ4n) is 4.27. The van der Waals surface area contributed by atoms with E-state index in [1.54, 1.807) is 23.1 Å². The Labute approximate surface area is 169 Å². The number of nitrogens with one attached hydrogen (secondary N) is 2. The smallest absolute Gasteiger partial charge is 0.349 e. The van der Waals surface area contributed by atoms with E-state index in [4.69, 9.17) is 4.42 Å². The number of benzene rings is 1. The molecule has 3 amide bonds. The van der Waals surface area contributed by atoms with Crippen molar-refractivity contribution < 1.29 is 14.0 Å². The highest BCUT2D eigenvalue weighted by Crippen LogP contribution is 2.18. The van der Waals surface area contributed by atoms with Crippen LogP contribution in [0.4, 0.5) is 4.79 Å². The molecule has 1 aliphatic carbocycles. The lowest BCUT2D eigenvalue weighted by atomic mass is 9.96. The predicted octanol–water partition coefficient (Wildman–Crippen LogP) is 3.03. The van der Waals surface area contributed by atoms with Gasteiger partial charge in [0, 0.05) is 30.6 Å². The van der Waals surface area contributed by atoms with Gasteiger partial charge in [0.05, 0.1) is 0 Å². The van der Waals surface area contributed by atoms with Gasteiger partial charge in [0.2, 0.25) is 0 Å². The fraction of sp³-hybridized carbons (Fsp3) is 0.500. The highest BCUT2D eigenvalue weighted by Gasteiger charge is 2.27. The van der Waals surface area contributed by atoms with Crippen molar-refractivity contribution in [2.75, 3.05) is 13.1 Å². The van der Waals surface area contributed by atoms with Crippen LogP contribution >= 0.6 is 0 Å². The Bertz CT molecular complexity index is 940. The Morgan fingerprint density at radius 1 is 0.931 bits per heavy atom. The van der Waals surface area contributed by atoms with Crippen molar-refractivity contribution in [3.63, 3.8) is 0 Å². The zero-order chi connectivity index (χ0) is 20.2. The number of hydrogen-bond donors (Lipinski definition) is 2. The van der Waals surface area contributed by atoms with Gasteiger partial charge in [0.25, 0.3) is 5.91 Å². The van der Waals surface area contributed by atoms with E-state index >= 15 is 0 Å². The molecular formula is C22H27N3O4. The maximum Gasteiger partial charge on any atom is 0.349 e. The van der Waals surface area contributed by atoms with Crippen LogP contribution in [0.15, 0.2) is 39.5 Å². The number of carbonyl (C=O) groups is 2. The molecule has 2 N–H and O–H groups in total. The molecule has 1 aliphatic heterocycles. The zero-order valence-electron chi connectivity index (χ0n) is 16.5. The molecule has 0 unspecified atom stereocenters. The number of hydrogen-bond acceptors (Lipinski definition) is 4. The number of rotatable bonds is 3. The average molecular weight is 397 g/mol. The lowest BCUT2D eigenvalue weighted by molar-refractivity contribution is 0.0704. The second kappa shape index (κ2) is 8.68. The predicted molar refractivity (Wildman–Crippen MR) is 110 cm³/mol. The van der Waals surface area contributed by atoms with Crippen molar-refractivity contribution in [1.82, 2.24) is 15.5 Å². The monoisotopic (exact) mass is 397 g/mol. The van der Waals surface area contributed by atoms with Gasteiger partial charge in [-0.3, -0.25) is 4.79 Å². The first-order chi connectivity index (χ1) is 14.1. The molecule has 2 fully saturated rings. The third kappa shape index (κ3) is 4.60. The van der Waals surface area contributed by atoms with Crippen LogP contribution < -0.4 is 16.3 Å². The average Bonchev–Trinajstić information content (AvgIpc) is 2.74. The van der Waals surface area contributed by atoms with Crippen molar-refractivity contribution in [2.24, 2.45) is 0 Å². The number of para-hydroxylation sites is 1. The number of urea groups is 1. The van der Waals surface area contributed by atoms with E-state index < -0.39 is 5.63 Å². The molecule has 1 aromatic carbocycles. The van der Waals surface area contributed by atoms with Crippen molar-refractivity contribution >= 4 is 22.9 Å². The van der Waals surface area contributed by atoms with Gasteiger partial charge in [-0.1, -0.05) is 37.5 Å². The van der Waals surface area contributed by atoms with Gasteiger partial charge in [0.15, 0.2) is 0 Å². The number of likely N-dealkylation sites (tertiary alicyclic amines) is 1. The van der Waals surface area contributed by atoms with Gasteiger partial charge in [0.1, 0.15) is 11.1 Å². The molecule has 0 bridgehead atoms. The summed E-state index contributed by atoms with van der Waals surface area (Å²) in [4.78, 5) is 39.0. The largest absolute Gasteiger partial charge is 0.422 e. The van der Waals surface area contributed by atoms with Crippen LogP contribution in [0.25, 0.3) is 11.0 Å². The van der Waals surface area contributed by atoms with E-state index in [9.17, 15) is 14.4 Å². The summed E-state index contributed by atoms with van der Waals surface area (Å²) in [5.74, 6) is -0.311. The molecule has 154 valence electrons. The van der Waals surface area contributed by atoms with Gasteiger partial charge < -0.3 is 20.0 Å². The van der Waals surface area contributed by atoms with Crippen LogP contribution in [-0.2, 0) is 0 Å². The van der Waals surface area contributed by atoms with Crippen LogP contribution in [0.1, 0.15) is 55.3 Å². The van der Waals surface area contributed by atoms with E-state index in [1.165, 1.54) is 19.3 Å². The van der Waals surface area contributed by atoms with Crippen molar-refractivity contribution in [1.29, 1.82) is 0 Å². The third-order valence-corrected chi connectivity index (χ3v) is 5.93. The minimum absolute atomic E-state index is 0.0376. The summed E-state index contributed by atoms with van der Waals surface area (Å²) < 4.78 is 5.28. The summed E-state index contributed by atoms with van der Waals surface area (Å²) in [6, 6.07) is 8.95. The maximum atomic E-state index is 12.8. The molecular weight excluding hydrogens is 370 g/mol. The standard InChI is InChI=1S/C22H27N3O4/c26-20(18-14-15-6-4-5-9-19(15)29-21(18)27)25-12-10-17(11-13-25)24-22(28)23-16-7-2-1-3-8-16/h4-6,9,14,16-17H,1-3,7-8,10-13H2,(H2,23,24,28). The van der Waals surface area contributed by atoms with Crippen molar-refractivity contribution in [3.8, 4) is 0 Å². The summed E-state index contributed by atoms with van der Waals surface area (Å²) in [5, 5.41) is 6.83. The molecule has 4 rings (SSSR count). The highest BCUT2D eigenvalue weighted by molar-refractivity contribution is 5.96. The van der Waals surface area contributed by atoms with Gasteiger partial charge in [-0.25, -0.2) is 9.59 Å². The van der Waals surface area contributed by atoms with Crippen LogP contribution in [0.2, 0.25) is 0 Å². The van der Waals surface area contributed by atoms with Gasteiger partial charge in [-0.05, 0) is 37.8 Å². The van der Waals surface area contributed by atoms with E-state index in [0.717, 1.165) is 18.2 Å². The van der Waals surface area contributed by atoms with Crippen LogP contribution in [-0.4, -0.2) is 42.0 Å². The lowest BCUT2D eigenvalue weighted by Crippen LogP contribution is -2.51. The van der Waals surface area contributed by atoms with Crippen LogP contribution in [0.3, 0.4) is 0 Å². The van der Waals surface area contributed by atoms with E-state index in [1.807, 2.05) is 12.1 Å². The van der Waals surface area contributed by atoms with E-state index in [-0.39, 0.29) is 29.6 Å². The van der Waals surface area contributed by atoms with Gasteiger partial charge in [-0.2, -0.15) is 0 Å². The lowest BCUT2D eigenvalue weighted by Gasteiger charge is -2.33. The SMILES string of the molecule is O=C(NC1CCCCC1)NC1CCN(C(=O)c2cc3ccccc3oc2=O)CC1. The van der Waals surface area contributed by atoms with E-state index in [2.05, 4.69) is 10.6 Å². The van der Waals surface area contributed by atoms with Crippen molar-refractivity contribution in [2.45, 2.75) is 57.0 Å². The fourth-order valence-corrected chi connectivity index (χ4v) is 4.27. The molecule has 2 heterocycles. The molecule has 1 aromatic heterocycles. The number of piperidine rings is 1. The minimum atomic E-state index is -0.610. The summed E-state index contributed by atoms with van der Waals surface area (Å²) in [7, 11) is 0. The Kier molecular flexibility index (Phi) is 5.83. The maximum absolute atomic E-state index is 12.8. The molecule has 2 aliphatic rings. The second-order valence-corrected chi connectivity index (χ2v) is 8.00. The first kappa shape index (κ1) is 19.5. The molecule has 29 heavy (non-hydrogen) atoms. The van der Waals surface area contributed by atoms with E-state index in [0.29, 0.717) is 31.5 Å². The van der Waals surface area contributed by atoms with Gasteiger partial charge in [-0.15, -0.1) is 0 Å². The minimum Gasteiger partial charge on any atom is -0.422 e. The first-order valence-electron chi connectivity index (χ1n) is 10.5. The number of amides is 3.